The second-order valence-electron chi connectivity index (χ2n) is 4.96. The first-order chi connectivity index (χ1) is 8.18. The lowest BCUT2D eigenvalue weighted by molar-refractivity contribution is -0.128. The molecule has 0 N–H and O–H groups in total. The van der Waals surface area contributed by atoms with Crippen LogP contribution >= 0.6 is 0 Å². The van der Waals surface area contributed by atoms with Gasteiger partial charge in [-0.2, -0.15) is 0 Å². The second-order valence-corrected chi connectivity index (χ2v) is 4.96. The number of carbonyl (C=O) groups is 1. The lowest BCUT2D eigenvalue weighted by Gasteiger charge is -2.15. The number of fused-ring (bicyclic) bond motifs is 1. The Kier molecular flexibility index (Phi) is 2.35. The van der Waals surface area contributed by atoms with Crippen molar-refractivity contribution in [2.45, 2.75) is 31.7 Å². The van der Waals surface area contributed by atoms with E-state index in [0.29, 0.717) is 12.0 Å². The zero-order valence-electron chi connectivity index (χ0n) is 10.3. The van der Waals surface area contributed by atoms with Crippen LogP contribution in [0, 0.1) is 0 Å². The van der Waals surface area contributed by atoms with E-state index in [0.717, 1.165) is 25.2 Å². The van der Waals surface area contributed by atoms with Crippen molar-refractivity contribution in [1.82, 2.24) is 4.90 Å². The standard InChI is InChI=1S/C14H17NO2/c1-9(16)15(2)13-8-12(13)10-4-3-5-14-11(10)6-7-17-14/h3-5,12-13H,6-8H2,1-2H3. The van der Waals surface area contributed by atoms with Crippen LogP contribution in [-0.2, 0) is 11.2 Å². The molecule has 2 unspecified atom stereocenters. The molecule has 0 saturated heterocycles. The number of amides is 1. The molecule has 1 aliphatic heterocycles. The van der Waals surface area contributed by atoms with Gasteiger partial charge in [-0.15, -0.1) is 0 Å². The Labute approximate surface area is 101 Å². The summed E-state index contributed by atoms with van der Waals surface area (Å²) in [5.41, 5.74) is 2.75. The van der Waals surface area contributed by atoms with Crippen LogP contribution in [0.25, 0.3) is 0 Å². The van der Waals surface area contributed by atoms with E-state index in [4.69, 9.17) is 4.74 Å². The van der Waals surface area contributed by atoms with Crippen molar-refractivity contribution in [3.63, 3.8) is 0 Å². The Hall–Kier alpha value is -1.51. The van der Waals surface area contributed by atoms with Crippen molar-refractivity contribution in [2.24, 2.45) is 0 Å². The smallest absolute Gasteiger partial charge is 0.219 e. The van der Waals surface area contributed by atoms with Gasteiger partial charge in [-0.05, 0) is 18.1 Å². The molecular formula is C14H17NO2. The lowest BCUT2D eigenvalue weighted by atomic mass is 10.0. The molecule has 1 saturated carbocycles. The molecule has 1 aromatic rings. The summed E-state index contributed by atoms with van der Waals surface area (Å²) in [6.07, 6.45) is 2.10. The van der Waals surface area contributed by atoms with Gasteiger partial charge in [0.05, 0.1) is 6.61 Å². The molecule has 3 nitrogen and oxygen atoms in total. The molecule has 0 radical (unpaired) electrons. The first-order valence-corrected chi connectivity index (χ1v) is 6.16. The van der Waals surface area contributed by atoms with Gasteiger partial charge in [-0.25, -0.2) is 0 Å². The molecule has 3 rings (SSSR count). The van der Waals surface area contributed by atoms with Crippen LogP contribution in [0.4, 0.5) is 0 Å². The van der Waals surface area contributed by atoms with Gasteiger partial charge in [0.2, 0.25) is 5.91 Å². The summed E-state index contributed by atoms with van der Waals surface area (Å²) in [6.45, 7) is 2.43. The zero-order valence-corrected chi connectivity index (χ0v) is 10.3. The van der Waals surface area contributed by atoms with Crippen molar-refractivity contribution in [2.75, 3.05) is 13.7 Å². The van der Waals surface area contributed by atoms with Gasteiger partial charge in [0.15, 0.2) is 0 Å². The molecule has 90 valence electrons. The van der Waals surface area contributed by atoms with Crippen molar-refractivity contribution in [3.8, 4) is 5.75 Å². The monoisotopic (exact) mass is 231 g/mol. The zero-order chi connectivity index (χ0) is 12.0. The van der Waals surface area contributed by atoms with Crippen LogP contribution in [0.3, 0.4) is 0 Å². The lowest BCUT2D eigenvalue weighted by Crippen LogP contribution is -2.27. The molecule has 2 atom stereocenters. The van der Waals surface area contributed by atoms with Crippen LogP contribution in [0.1, 0.15) is 30.4 Å². The summed E-state index contributed by atoms with van der Waals surface area (Å²) in [5.74, 6) is 1.71. The number of hydrogen-bond acceptors (Lipinski definition) is 2. The summed E-state index contributed by atoms with van der Waals surface area (Å²) < 4.78 is 5.58. The Bertz CT molecular complexity index is 469. The molecule has 1 fully saturated rings. The van der Waals surface area contributed by atoms with Crippen LogP contribution in [0.2, 0.25) is 0 Å². The average Bonchev–Trinajstić information content (AvgIpc) is 2.95. The summed E-state index contributed by atoms with van der Waals surface area (Å²) in [4.78, 5) is 13.2. The third-order valence-corrected chi connectivity index (χ3v) is 3.93. The number of carbonyl (C=O) groups excluding carboxylic acids is 1. The Morgan fingerprint density at radius 1 is 1.47 bits per heavy atom. The van der Waals surface area contributed by atoms with E-state index in [1.165, 1.54) is 11.1 Å². The molecule has 1 aromatic carbocycles. The topological polar surface area (TPSA) is 29.5 Å². The Morgan fingerprint density at radius 2 is 2.29 bits per heavy atom. The van der Waals surface area contributed by atoms with Gasteiger partial charge in [-0.3, -0.25) is 4.79 Å². The highest BCUT2D eigenvalue weighted by Gasteiger charge is 2.44. The Morgan fingerprint density at radius 3 is 3.06 bits per heavy atom. The van der Waals surface area contributed by atoms with Gasteiger partial charge in [0, 0.05) is 37.9 Å². The fraction of sp³-hybridized carbons (Fsp3) is 0.500. The molecule has 1 amide bonds. The van der Waals surface area contributed by atoms with Gasteiger partial charge in [0.1, 0.15) is 5.75 Å². The maximum atomic E-state index is 11.3. The molecular weight excluding hydrogens is 214 g/mol. The maximum Gasteiger partial charge on any atom is 0.219 e. The van der Waals surface area contributed by atoms with Crippen LogP contribution < -0.4 is 4.74 Å². The van der Waals surface area contributed by atoms with Crippen LogP contribution in [0.5, 0.6) is 5.75 Å². The third-order valence-electron chi connectivity index (χ3n) is 3.93. The number of ether oxygens (including phenoxy) is 1. The molecule has 17 heavy (non-hydrogen) atoms. The predicted octanol–water partition coefficient (Wildman–Crippen LogP) is 1.96. The second kappa shape index (κ2) is 3.76. The molecule has 0 bridgehead atoms. The fourth-order valence-corrected chi connectivity index (χ4v) is 2.77. The third kappa shape index (κ3) is 1.70. The van der Waals surface area contributed by atoms with Crippen LogP contribution in [-0.4, -0.2) is 30.5 Å². The van der Waals surface area contributed by atoms with E-state index < -0.39 is 0 Å². The molecule has 0 aromatic heterocycles. The number of rotatable bonds is 2. The molecule has 1 heterocycles. The first kappa shape index (κ1) is 10.6. The first-order valence-electron chi connectivity index (χ1n) is 6.16. The molecule has 2 aliphatic rings. The predicted molar refractivity (Wildman–Crippen MR) is 65.2 cm³/mol. The largest absolute Gasteiger partial charge is 0.493 e. The van der Waals surface area contributed by atoms with Crippen molar-refractivity contribution >= 4 is 5.91 Å². The molecule has 3 heteroatoms. The quantitative estimate of drug-likeness (QED) is 0.778. The van der Waals surface area contributed by atoms with E-state index in [2.05, 4.69) is 12.1 Å². The van der Waals surface area contributed by atoms with Crippen LogP contribution in [0.15, 0.2) is 18.2 Å². The highest BCUT2D eigenvalue weighted by atomic mass is 16.5. The molecule has 0 spiro atoms. The van der Waals surface area contributed by atoms with E-state index in [-0.39, 0.29) is 5.91 Å². The minimum Gasteiger partial charge on any atom is -0.493 e. The Balaban J connectivity index is 1.84. The highest BCUT2D eigenvalue weighted by molar-refractivity contribution is 5.74. The summed E-state index contributed by atoms with van der Waals surface area (Å²) in [5, 5.41) is 0. The number of likely N-dealkylation sites (N-methyl/N-ethyl adjacent to an activating group) is 1. The van der Waals surface area contributed by atoms with Gasteiger partial charge in [0.25, 0.3) is 0 Å². The summed E-state index contributed by atoms with van der Waals surface area (Å²) in [6, 6.07) is 6.67. The summed E-state index contributed by atoms with van der Waals surface area (Å²) >= 11 is 0. The number of nitrogens with zero attached hydrogens (tertiary/aromatic N) is 1. The van der Waals surface area contributed by atoms with Gasteiger partial charge in [-0.1, -0.05) is 12.1 Å². The van der Waals surface area contributed by atoms with Gasteiger partial charge >= 0.3 is 0 Å². The normalized spacial score (nSPS) is 25.1. The summed E-state index contributed by atoms with van der Waals surface area (Å²) in [7, 11) is 1.90. The number of benzene rings is 1. The SMILES string of the molecule is CC(=O)N(C)C1CC1c1cccc2c1CCO2. The molecule has 1 aliphatic carbocycles. The average molecular weight is 231 g/mol. The van der Waals surface area contributed by atoms with Crippen molar-refractivity contribution in [1.29, 1.82) is 0 Å². The maximum absolute atomic E-state index is 11.3. The van der Waals surface area contributed by atoms with Crippen molar-refractivity contribution in [3.05, 3.63) is 29.3 Å². The van der Waals surface area contributed by atoms with Crippen molar-refractivity contribution < 1.29 is 9.53 Å². The van der Waals surface area contributed by atoms with E-state index in [1.807, 2.05) is 18.0 Å². The van der Waals surface area contributed by atoms with Gasteiger partial charge < -0.3 is 9.64 Å². The minimum atomic E-state index is 0.154. The fourth-order valence-electron chi connectivity index (χ4n) is 2.77. The highest BCUT2D eigenvalue weighted by Crippen LogP contribution is 2.47. The van der Waals surface area contributed by atoms with E-state index in [9.17, 15) is 4.79 Å². The minimum absolute atomic E-state index is 0.154. The van der Waals surface area contributed by atoms with E-state index >= 15 is 0 Å². The van der Waals surface area contributed by atoms with E-state index in [1.54, 1.807) is 6.92 Å². The number of hydrogen-bond donors (Lipinski definition) is 0.